The monoisotopic (exact) mass is 239 g/mol. The number of ketones is 1. The molecule has 0 saturated carbocycles. The molecule has 2 nitrogen and oxygen atoms in total. The Hall–Kier alpha value is -1.40. The van der Waals surface area contributed by atoms with E-state index in [0.29, 0.717) is 5.56 Å². The Morgan fingerprint density at radius 1 is 1.62 bits per heavy atom. The molecule has 0 aliphatic heterocycles. The molecule has 0 heterocycles. The maximum absolute atomic E-state index is 13.2. The van der Waals surface area contributed by atoms with Crippen LogP contribution in [0, 0.1) is 22.6 Å². The van der Waals surface area contributed by atoms with Gasteiger partial charge in [0, 0.05) is 0 Å². The lowest BCUT2D eigenvalue weighted by Crippen LogP contribution is -2.26. The van der Waals surface area contributed by atoms with Gasteiger partial charge in [-0.2, -0.15) is 5.26 Å². The van der Waals surface area contributed by atoms with Gasteiger partial charge in [0.1, 0.15) is 17.0 Å². The zero-order valence-electron chi connectivity index (χ0n) is 9.05. The van der Waals surface area contributed by atoms with Gasteiger partial charge < -0.3 is 0 Å². The minimum absolute atomic E-state index is 0.0326. The Kier molecular flexibility index (Phi) is 3.66. The van der Waals surface area contributed by atoms with E-state index in [1.165, 1.54) is 19.1 Å². The molecule has 0 aromatic heterocycles. The van der Waals surface area contributed by atoms with Crippen LogP contribution >= 0.6 is 11.6 Å². The molecule has 1 atom stereocenters. The van der Waals surface area contributed by atoms with E-state index >= 15 is 0 Å². The topological polar surface area (TPSA) is 40.9 Å². The number of Topliss-reactive ketones (excluding diaryl/α,β-unsaturated/α-hetero) is 1. The van der Waals surface area contributed by atoms with Crippen molar-refractivity contribution in [3.63, 3.8) is 0 Å². The van der Waals surface area contributed by atoms with Crippen molar-refractivity contribution in [2.45, 2.75) is 20.3 Å². The van der Waals surface area contributed by atoms with Crippen LogP contribution in [0.25, 0.3) is 0 Å². The highest BCUT2D eigenvalue weighted by Gasteiger charge is 2.30. The average molecular weight is 240 g/mol. The van der Waals surface area contributed by atoms with E-state index in [-0.39, 0.29) is 17.2 Å². The van der Waals surface area contributed by atoms with Crippen molar-refractivity contribution < 1.29 is 9.18 Å². The normalized spacial score (nSPS) is 13.9. The van der Waals surface area contributed by atoms with Crippen molar-refractivity contribution in [2.24, 2.45) is 5.41 Å². The van der Waals surface area contributed by atoms with Crippen LogP contribution in [0.5, 0.6) is 0 Å². The van der Waals surface area contributed by atoms with Gasteiger partial charge in [-0.15, -0.1) is 0 Å². The van der Waals surface area contributed by atoms with Crippen molar-refractivity contribution in [1.29, 1.82) is 5.26 Å². The molecular weight excluding hydrogens is 229 g/mol. The number of benzene rings is 1. The van der Waals surface area contributed by atoms with Crippen molar-refractivity contribution in [3.8, 4) is 6.07 Å². The quantitative estimate of drug-likeness (QED) is 0.813. The Bertz CT molecular complexity index is 467. The fraction of sp³-hybridized carbons (Fsp3) is 0.333. The van der Waals surface area contributed by atoms with Crippen LogP contribution < -0.4 is 0 Å². The van der Waals surface area contributed by atoms with Gasteiger partial charge in [-0.3, -0.25) is 4.79 Å². The molecule has 1 unspecified atom stereocenters. The zero-order valence-corrected chi connectivity index (χ0v) is 9.81. The summed E-state index contributed by atoms with van der Waals surface area (Å²) >= 11 is 5.54. The molecule has 0 saturated heterocycles. The second-order valence-corrected chi connectivity index (χ2v) is 4.33. The SMILES string of the molecule is CC(=O)C(C)(C#N)Cc1ccc(Cl)c(F)c1. The first-order valence-electron chi connectivity index (χ1n) is 4.75. The van der Waals surface area contributed by atoms with Crippen LogP contribution in [-0.4, -0.2) is 5.78 Å². The van der Waals surface area contributed by atoms with Crippen molar-refractivity contribution in [1.82, 2.24) is 0 Å². The number of rotatable bonds is 3. The van der Waals surface area contributed by atoms with E-state index in [9.17, 15) is 9.18 Å². The van der Waals surface area contributed by atoms with Crippen LogP contribution in [0.15, 0.2) is 18.2 Å². The highest BCUT2D eigenvalue weighted by molar-refractivity contribution is 6.30. The number of nitriles is 1. The summed E-state index contributed by atoms with van der Waals surface area (Å²) in [4.78, 5) is 11.3. The van der Waals surface area contributed by atoms with Gasteiger partial charge in [0.05, 0.1) is 11.1 Å². The third kappa shape index (κ3) is 2.59. The largest absolute Gasteiger partial charge is 0.298 e. The molecule has 1 rings (SSSR count). The van der Waals surface area contributed by atoms with Gasteiger partial charge in [0.15, 0.2) is 0 Å². The van der Waals surface area contributed by atoms with Crippen LogP contribution in [0.2, 0.25) is 5.02 Å². The molecular formula is C12H11ClFNO. The highest BCUT2D eigenvalue weighted by atomic mass is 35.5. The molecule has 84 valence electrons. The van der Waals surface area contributed by atoms with Crippen molar-refractivity contribution in [3.05, 3.63) is 34.6 Å². The predicted octanol–water partition coefficient (Wildman–Crippen LogP) is 3.14. The summed E-state index contributed by atoms with van der Waals surface area (Å²) in [6.07, 6.45) is 0.187. The summed E-state index contributed by atoms with van der Waals surface area (Å²) in [7, 11) is 0. The summed E-state index contributed by atoms with van der Waals surface area (Å²) in [5.41, 5.74) is -0.526. The van der Waals surface area contributed by atoms with Gasteiger partial charge in [0.25, 0.3) is 0 Å². The van der Waals surface area contributed by atoms with Gasteiger partial charge >= 0.3 is 0 Å². The van der Waals surface area contributed by atoms with E-state index in [0.717, 1.165) is 0 Å². The van der Waals surface area contributed by atoms with Gasteiger partial charge in [-0.05, 0) is 38.0 Å². The molecule has 0 bridgehead atoms. The Balaban J connectivity index is 3.01. The van der Waals surface area contributed by atoms with E-state index in [1.54, 1.807) is 13.0 Å². The summed E-state index contributed by atoms with van der Waals surface area (Å²) < 4.78 is 13.2. The molecule has 0 aliphatic rings. The minimum atomic E-state index is -1.11. The third-order valence-electron chi connectivity index (χ3n) is 2.57. The van der Waals surface area contributed by atoms with Gasteiger partial charge in [-0.1, -0.05) is 17.7 Å². The molecule has 0 spiro atoms. The predicted molar refractivity (Wildman–Crippen MR) is 59.5 cm³/mol. The number of hydrogen-bond acceptors (Lipinski definition) is 2. The highest BCUT2D eigenvalue weighted by Crippen LogP contribution is 2.25. The Morgan fingerprint density at radius 3 is 2.69 bits per heavy atom. The molecule has 0 N–H and O–H groups in total. The zero-order chi connectivity index (χ0) is 12.3. The maximum atomic E-state index is 13.2. The fourth-order valence-electron chi connectivity index (χ4n) is 1.30. The molecule has 4 heteroatoms. The van der Waals surface area contributed by atoms with Crippen LogP contribution in [0.3, 0.4) is 0 Å². The smallest absolute Gasteiger partial charge is 0.150 e. The van der Waals surface area contributed by atoms with Crippen LogP contribution in [0.4, 0.5) is 4.39 Å². The summed E-state index contributed by atoms with van der Waals surface area (Å²) in [5.74, 6) is -0.770. The third-order valence-corrected chi connectivity index (χ3v) is 2.87. The average Bonchev–Trinajstić information content (AvgIpc) is 2.23. The molecule has 0 fully saturated rings. The van der Waals surface area contributed by atoms with Crippen molar-refractivity contribution in [2.75, 3.05) is 0 Å². The number of halogens is 2. The van der Waals surface area contributed by atoms with Gasteiger partial charge in [-0.25, -0.2) is 4.39 Å². The standard InChI is InChI=1S/C12H11ClFNO/c1-8(16)12(2,7-15)6-9-3-4-10(13)11(14)5-9/h3-5H,6H2,1-2H3. The molecule has 0 radical (unpaired) electrons. The number of carbonyl (C=O) groups excluding carboxylic acids is 1. The first kappa shape index (κ1) is 12.7. The lowest BCUT2D eigenvalue weighted by Gasteiger charge is -2.17. The van der Waals surface area contributed by atoms with E-state index < -0.39 is 11.2 Å². The lowest BCUT2D eigenvalue weighted by atomic mass is 9.82. The van der Waals surface area contributed by atoms with E-state index in [4.69, 9.17) is 16.9 Å². The lowest BCUT2D eigenvalue weighted by molar-refractivity contribution is -0.123. The fourth-order valence-corrected chi connectivity index (χ4v) is 1.42. The van der Waals surface area contributed by atoms with Gasteiger partial charge in [0.2, 0.25) is 0 Å². The number of hydrogen-bond donors (Lipinski definition) is 0. The summed E-state index contributed by atoms with van der Waals surface area (Å²) in [5, 5.41) is 8.98. The maximum Gasteiger partial charge on any atom is 0.150 e. The first-order valence-corrected chi connectivity index (χ1v) is 5.13. The molecule has 1 aromatic carbocycles. The second-order valence-electron chi connectivity index (χ2n) is 3.93. The number of carbonyl (C=O) groups is 1. The molecule has 0 aliphatic carbocycles. The summed E-state index contributed by atoms with van der Waals surface area (Å²) in [6, 6.07) is 6.24. The Morgan fingerprint density at radius 2 is 2.25 bits per heavy atom. The van der Waals surface area contributed by atoms with Crippen LogP contribution in [0.1, 0.15) is 19.4 Å². The van der Waals surface area contributed by atoms with E-state index in [2.05, 4.69) is 0 Å². The molecule has 16 heavy (non-hydrogen) atoms. The van der Waals surface area contributed by atoms with E-state index in [1.807, 2.05) is 6.07 Å². The first-order chi connectivity index (χ1) is 7.39. The van der Waals surface area contributed by atoms with Crippen molar-refractivity contribution >= 4 is 17.4 Å². The number of nitrogens with zero attached hydrogens (tertiary/aromatic N) is 1. The molecule has 1 aromatic rings. The molecule has 0 amide bonds. The minimum Gasteiger partial charge on any atom is -0.298 e. The van der Waals surface area contributed by atoms with Crippen LogP contribution in [-0.2, 0) is 11.2 Å². The Labute approximate surface area is 98.6 Å². The summed E-state index contributed by atoms with van der Waals surface area (Å²) in [6.45, 7) is 2.90. The second kappa shape index (κ2) is 4.63.